The van der Waals surface area contributed by atoms with Crippen molar-refractivity contribution in [3.63, 3.8) is 0 Å². The molecule has 3 rings (SSSR count). The van der Waals surface area contributed by atoms with Gasteiger partial charge >= 0.3 is 0 Å². The van der Waals surface area contributed by atoms with Gasteiger partial charge in [0.25, 0.3) is 0 Å². The van der Waals surface area contributed by atoms with E-state index in [9.17, 15) is 0 Å². The molecule has 2 atom stereocenters. The standard InChI is InChI=1S/C17H35N5O/c23-13-12-20-8-10-21(11-9-20)15-16-2-4-19-14-17(16)22-6-1-3-18-5-7-22/h16-19,23H,1-15H2. The Morgan fingerprint density at radius 3 is 2.52 bits per heavy atom. The van der Waals surface area contributed by atoms with Crippen LogP contribution in [0.3, 0.4) is 0 Å². The minimum absolute atomic E-state index is 0.291. The quantitative estimate of drug-likeness (QED) is 0.595. The van der Waals surface area contributed by atoms with Gasteiger partial charge < -0.3 is 20.6 Å². The monoisotopic (exact) mass is 325 g/mol. The van der Waals surface area contributed by atoms with E-state index in [2.05, 4.69) is 25.3 Å². The van der Waals surface area contributed by atoms with Crippen LogP contribution in [0.5, 0.6) is 0 Å². The molecule has 0 spiro atoms. The van der Waals surface area contributed by atoms with Crippen molar-refractivity contribution in [1.82, 2.24) is 25.3 Å². The highest BCUT2D eigenvalue weighted by molar-refractivity contribution is 4.89. The maximum absolute atomic E-state index is 9.07. The molecule has 3 N–H and O–H groups in total. The van der Waals surface area contributed by atoms with Crippen LogP contribution in [0.2, 0.25) is 0 Å². The second kappa shape index (κ2) is 9.30. The van der Waals surface area contributed by atoms with Gasteiger partial charge in [-0.05, 0) is 38.4 Å². The molecule has 0 aromatic rings. The number of rotatable bonds is 5. The normalized spacial score (nSPS) is 32.7. The first-order chi connectivity index (χ1) is 11.4. The fourth-order valence-electron chi connectivity index (χ4n) is 4.40. The Morgan fingerprint density at radius 2 is 1.70 bits per heavy atom. The summed E-state index contributed by atoms with van der Waals surface area (Å²) in [5.41, 5.74) is 0. The zero-order valence-electron chi connectivity index (χ0n) is 14.6. The first-order valence-corrected chi connectivity index (χ1v) is 9.58. The SMILES string of the molecule is OCCN1CCN(CC2CCNCC2N2CCCNCC2)CC1. The number of piperazine rings is 1. The third kappa shape index (κ3) is 5.11. The van der Waals surface area contributed by atoms with Gasteiger partial charge in [0.05, 0.1) is 6.61 Å². The second-order valence-corrected chi connectivity index (χ2v) is 7.33. The highest BCUT2D eigenvalue weighted by atomic mass is 16.3. The Hall–Kier alpha value is -0.240. The van der Waals surface area contributed by atoms with Crippen LogP contribution < -0.4 is 10.6 Å². The number of hydrogen-bond acceptors (Lipinski definition) is 6. The minimum atomic E-state index is 0.291. The molecule has 0 bridgehead atoms. The number of aliphatic hydroxyl groups excluding tert-OH is 1. The number of aliphatic hydroxyl groups is 1. The lowest BCUT2D eigenvalue weighted by Gasteiger charge is -2.43. The smallest absolute Gasteiger partial charge is 0.0558 e. The van der Waals surface area contributed by atoms with Crippen LogP contribution in [0.4, 0.5) is 0 Å². The van der Waals surface area contributed by atoms with E-state index in [-0.39, 0.29) is 0 Å². The molecule has 3 fully saturated rings. The molecule has 3 heterocycles. The molecule has 6 heteroatoms. The maximum atomic E-state index is 9.07. The molecule has 6 nitrogen and oxygen atoms in total. The highest BCUT2D eigenvalue weighted by Gasteiger charge is 2.32. The van der Waals surface area contributed by atoms with E-state index in [1.807, 2.05) is 0 Å². The Kier molecular flexibility index (Phi) is 7.11. The average molecular weight is 326 g/mol. The van der Waals surface area contributed by atoms with Crippen molar-refractivity contribution < 1.29 is 5.11 Å². The lowest BCUT2D eigenvalue weighted by molar-refractivity contribution is 0.0611. The van der Waals surface area contributed by atoms with Crippen LogP contribution in [0.1, 0.15) is 12.8 Å². The van der Waals surface area contributed by atoms with Gasteiger partial charge in [-0.3, -0.25) is 9.80 Å². The van der Waals surface area contributed by atoms with E-state index >= 15 is 0 Å². The van der Waals surface area contributed by atoms with E-state index in [4.69, 9.17) is 5.11 Å². The Morgan fingerprint density at radius 1 is 0.870 bits per heavy atom. The lowest BCUT2D eigenvalue weighted by atomic mass is 9.90. The van der Waals surface area contributed by atoms with E-state index < -0.39 is 0 Å². The third-order valence-electron chi connectivity index (χ3n) is 5.81. The lowest BCUT2D eigenvalue weighted by Crippen LogP contribution is -2.56. The highest BCUT2D eigenvalue weighted by Crippen LogP contribution is 2.21. The molecule has 3 aliphatic rings. The topological polar surface area (TPSA) is 54.0 Å². The number of hydrogen-bond donors (Lipinski definition) is 3. The molecule has 0 aromatic heterocycles. The minimum Gasteiger partial charge on any atom is -0.395 e. The molecule has 3 aliphatic heterocycles. The molecule has 0 saturated carbocycles. The van der Waals surface area contributed by atoms with Gasteiger partial charge in [-0.25, -0.2) is 0 Å². The summed E-state index contributed by atoms with van der Waals surface area (Å²) in [5, 5.41) is 16.2. The zero-order chi connectivity index (χ0) is 15.9. The number of nitrogens with one attached hydrogen (secondary N) is 2. The largest absolute Gasteiger partial charge is 0.395 e. The van der Waals surface area contributed by atoms with Crippen molar-refractivity contribution in [3.8, 4) is 0 Å². The van der Waals surface area contributed by atoms with Gasteiger partial charge in [-0.15, -0.1) is 0 Å². The summed E-state index contributed by atoms with van der Waals surface area (Å²) in [7, 11) is 0. The van der Waals surface area contributed by atoms with Crippen molar-refractivity contribution in [1.29, 1.82) is 0 Å². The number of nitrogens with zero attached hydrogens (tertiary/aromatic N) is 3. The molecule has 2 unspecified atom stereocenters. The van der Waals surface area contributed by atoms with Crippen molar-refractivity contribution in [3.05, 3.63) is 0 Å². The van der Waals surface area contributed by atoms with Gasteiger partial charge in [0.2, 0.25) is 0 Å². The molecular formula is C17H35N5O. The first kappa shape index (κ1) is 17.6. The van der Waals surface area contributed by atoms with Crippen LogP contribution in [-0.4, -0.2) is 111 Å². The Balaban J connectivity index is 1.50. The molecule has 3 saturated heterocycles. The van der Waals surface area contributed by atoms with E-state index in [1.54, 1.807) is 0 Å². The average Bonchev–Trinajstić information content (AvgIpc) is 2.87. The summed E-state index contributed by atoms with van der Waals surface area (Å²) < 4.78 is 0. The van der Waals surface area contributed by atoms with Crippen LogP contribution >= 0.6 is 0 Å². The van der Waals surface area contributed by atoms with Gasteiger partial charge in [-0.2, -0.15) is 0 Å². The fourth-order valence-corrected chi connectivity index (χ4v) is 4.40. The molecule has 23 heavy (non-hydrogen) atoms. The van der Waals surface area contributed by atoms with E-state index in [0.717, 1.165) is 51.7 Å². The van der Waals surface area contributed by atoms with E-state index in [0.29, 0.717) is 12.6 Å². The number of β-amino-alcohol motifs (C(OH)–C–C–N with tert-alkyl or cyclic N) is 1. The van der Waals surface area contributed by atoms with Crippen molar-refractivity contribution in [2.24, 2.45) is 5.92 Å². The van der Waals surface area contributed by atoms with Crippen molar-refractivity contribution in [2.75, 3.05) is 85.1 Å². The molecule has 0 aromatic carbocycles. The van der Waals surface area contributed by atoms with Gasteiger partial charge in [0.15, 0.2) is 0 Å². The number of piperidine rings is 1. The van der Waals surface area contributed by atoms with Crippen molar-refractivity contribution >= 4 is 0 Å². The predicted octanol–water partition coefficient (Wildman–Crippen LogP) is -1.13. The summed E-state index contributed by atoms with van der Waals surface area (Å²) in [6.07, 6.45) is 2.59. The summed E-state index contributed by atoms with van der Waals surface area (Å²) in [6, 6.07) is 0.708. The van der Waals surface area contributed by atoms with Gasteiger partial charge in [-0.1, -0.05) is 0 Å². The van der Waals surface area contributed by atoms with Gasteiger partial charge in [0.1, 0.15) is 0 Å². The second-order valence-electron chi connectivity index (χ2n) is 7.33. The van der Waals surface area contributed by atoms with Crippen LogP contribution in [0.15, 0.2) is 0 Å². The molecule has 0 amide bonds. The first-order valence-electron chi connectivity index (χ1n) is 9.58. The maximum Gasteiger partial charge on any atom is 0.0558 e. The van der Waals surface area contributed by atoms with Crippen molar-refractivity contribution in [2.45, 2.75) is 18.9 Å². The summed E-state index contributed by atoms with van der Waals surface area (Å²) in [5.74, 6) is 0.804. The van der Waals surface area contributed by atoms with Crippen LogP contribution in [-0.2, 0) is 0 Å². The summed E-state index contributed by atoms with van der Waals surface area (Å²) in [4.78, 5) is 7.78. The zero-order valence-corrected chi connectivity index (χ0v) is 14.6. The Labute approximate surface area is 141 Å². The fraction of sp³-hybridized carbons (Fsp3) is 1.00. The molecule has 0 aliphatic carbocycles. The predicted molar refractivity (Wildman–Crippen MR) is 93.8 cm³/mol. The molecular weight excluding hydrogens is 290 g/mol. The van der Waals surface area contributed by atoms with Crippen LogP contribution in [0, 0.1) is 5.92 Å². The molecule has 134 valence electrons. The molecule has 0 radical (unpaired) electrons. The van der Waals surface area contributed by atoms with E-state index in [1.165, 1.54) is 45.6 Å². The third-order valence-corrected chi connectivity index (χ3v) is 5.81. The summed E-state index contributed by atoms with van der Waals surface area (Å²) >= 11 is 0. The van der Waals surface area contributed by atoms with Crippen LogP contribution in [0.25, 0.3) is 0 Å². The summed E-state index contributed by atoms with van der Waals surface area (Å²) in [6.45, 7) is 14.1. The van der Waals surface area contributed by atoms with Gasteiger partial charge in [0, 0.05) is 64.9 Å². The Bertz CT molecular complexity index is 327.